The minimum Gasteiger partial charge on any atom is -0.460 e. The third kappa shape index (κ3) is 10.3. The van der Waals surface area contributed by atoms with Gasteiger partial charge in [0.15, 0.2) is 0 Å². The van der Waals surface area contributed by atoms with Crippen molar-refractivity contribution >= 4 is 18.0 Å². The monoisotopic (exact) mass is 466 g/mol. The second kappa shape index (κ2) is 13.8. The molecule has 0 saturated heterocycles. The van der Waals surface area contributed by atoms with E-state index >= 15 is 0 Å². The maximum atomic E-state index is 12.6. The summed E-state index contributed by atoms with van der Waals surface area (Å²) in [5, 5.41) is 5.57. The van der Waals surface area contributed by atoms with Gasteiger partial charge in [0.2, 0.25) is 5.91 Å². The zero-order valence-corrected chi connectivity index (χ0v) is 19.9. The van der Waals surface area contributed by atoms with Gasteiger partial charge in [-0.3, -0.25) is 4.79 Å². The van der Waals surface area contributed by atoms with E-state index in [2.05, 4.69) is 17.2 Å². The zero-order valence-electron chi connectivity index (χ0n) is 19.9. The van der Waals surface area contributed by atoms with E-state index in [0.717, 1.165) is 11.1 Å². The summed E-state index contributed by atoms with van der Waals surface area (Å²) in [6.45, 7) is 7.42. The van der Waals surface area contributed by atoms with Crippen LogP contribution in [0.5, 0.6) is 0 Å². The lowest BCUT2D eigenvalue weighted by molar-refractivity contribution is -0.147. The van der Waals surface area contributed by atoms with Crippen LogP contribution in [0.1, 0.15) is 44.2 Å². The highest BCUT2D eigenvalue weighted by atomic mass is 16.5. The van der Waals surface area contributed by atoms with Crippen molar-refractivity contribution in [1.29, 1.82) is 0 Å². The van der Waals surface area contributed by atoms with Gasteiger partial charge in [-0.25, -0.2) is 9.59 Å². The third-order valence-corrected chi connectivity index (χ3v) is 5.16. The Morgan fingerprint density at radius 1 is 0.971 bits per heavy atom. The molecule has 0 bridgehead atoms. The van der Waals surface area contributed by atoms with Crippen LogP contribution in [-0.4, -0.2) is 36.2 Å². The number of alkyl carbamates (subject to hydrolysis) is 1. The maximum Gasteiger partial charge on any atom is 0.407 e. The van der Waals surface area contributed by atoms with Gasteiger partial charge < -0.3 is 20.1 Å². The quantitative estimate of drug-likeness (QED) is 0.339. The van der Waals surface area contributed by atoms with Crippen molar-refractivity contribution in [3.63, 3.8) is 0 Å². The van der Waals surface area contributed by atoms with Gasteiger partial charge >= 0.3 is 12.1 Å². The van der Waals surface area contributed by atoms with Crippen LogP contribution < -0.4 is 10.6 Å². The Bertz CT molecular complexity index is 929. The molecule has 7 nitrogen and oxygen atoms in total. The lowest BCUT2D eigenvalue weighted by Gasteiger charge is -2.26. The molecule has 0 aliphatic rings. The fourth-order valence-corrected chi connectivity index (χ4v) is 3.24. The van der Waals surface area contributed by atoms with E-state index in [4.69, 9.17) is 9.47 Å². The molecule has 182 valence electrons. The molecule has 0 fully saturated rings. The number of carbonyl (C=O) groups excluding carboxylic acids is 3. The highest BCUT2D eigenvalue weighted by molar-refractivity contribution is 5.84. The fourth-order valence-electron chi connectivity index (χ4n) is 3.24. The SMILES string of the molecule is C=CCOC(=O)[C@@H](CCc1ccccc1)NC(=O)CCC(C)(C)NC(=O)OCc1ccccc1. The van der Waals surface area contributed by atoms with Crippen molar-refractivity contribution in [3.05, 3.63) is 84.4 Å². The molecule has 0 aromatic heterocycles. The molecule has 0 heterocycles. The summed E-state index contributed by atoms with van der Waals surface area (Å²) < 4.78 is 10.4. The number of nitrogens with one attached hydrogen (secondary N) is 2. The van der Waals surface area contributed by atoms with E-state index in [-0.39, 0.29) is 25.5 Å². The van der Waals surface area contributed by atoms with Gasteiger partial charge in [0.05, 0.1) is 0 Å². The molecular weight excluding hydrogens is 432 g/mol. The Morgan fingerprint density at radius 2 is 1.59 bits per heavy atom. The molecule has 2 N–H and O–H groups in total. The lowest BCUT2D eigenvalue weighted by atomic mass is 9.98. The van der Waals surface area contributed by atoms with Crippen LogP contribution in [0.25, 0.3) is 0 Å². The lowest BCUT2D eigenvalue weighted by Crippen LogP contribution is -2.46. The standard InChI is InChI=1S/C27H34N2O5/c1-4-19-33-25(31)23(16-15-21-11-7-5-8-12-21)28-24(30)17-18-27(2,3)29-26(32)34-20-22-13-9-6-10-14-22/h4-14,23H,1,15-20H2,2-3H3,(H,28,30)(H,29,32)/t23-/m1/s1. The van der Waals surface area contributed by atoms with Gasteiger partial charge in [-0.05, 0) is 44.2 Å². The number of benzene rings is 2. The van der Waals surface area contributed by atoms with Gasteiger partial charge in [-0.15, -0.1) is 0 Å². The Morgan fingerprint density at radius 3 is 2.21 bits per heavy atom. The Labute approximate surface area is 201 Å². The number of esters is 1. The topological polar surface area (TPSA) is 93.7 Å². The summed E-state index contributed by atoms with van der Waals surface area (Å²) in [6, 6.07) is 18.3. The molecule has 2 aromatic rings. The van der Waals surface area contributed by atoms with E-state index in [1.807, 2.05) is 74.5 Å². The summed E-state index contributed by atoms with van der Waals surface area (Å²) in [4.78, 5) is 37.2. The molecule has 1 atom stereocenters. The molecule has 7 heteroatoms. The van der Waals surface area contributed by atoms with Gasteiger partial charge in [0.1, 0.15) is 19.3 Å². The highest BCUT2D eigenvalue weighted by Crippen LogP contribution is 2.13. The minimum absolute atomic E-state index is 0.0819. The second-order valence-electron chi connectivity index (χ2n) is 8.63. The second-order valence-corrected chi connectivity index (χ2v) is 8.63. The summed E-state index contributed by atoms with van der Waals surface area (Å²) >= 11 is 0. The smallest absolute Gasteiger partial charge is 0.407 e. The van der Waals surface area contributed by atoms with E-state index in [9.17, 15) is 14.4 Å². The van der Waals surface area contributed by atoms with Crippen LogP contribution >= 0.6 is 0 Å². The predicted octanol–water partition coefficient (Wildman–Crippen LogP) is 4.32. The van der Waals surface area contributed by atoms with Crippen molar-refractivity contribution in [2.45, 2.75) is 57.7 Å². The van der Waals surface area contributed by atoms with Gasteiger partial charge in [-0.1, -0.05) is 73.3 Å². The molecule has 0 saturated carbocycles. The number of aryl methyl sites for hydroxylation is 1. The maximum absolute atomic E-state index is 12.6. The van der Waals surface area contributed by atoms with Crippen LogP contribution in [0.4, 0.5) is 4.79 Å². The first kappa shape index (κ1) is 26.6. The number of rotatable bonds is 13. The number of hydrogen-bond donors (Lipinski definition) is 2. The van der Waals surface area contributed by atoms with Gasteiger partial charge in [0.25, 0.3) is 0 Å². The molecule has 2 rings (SSSR count). The van der Waals surface area contributed by atoms with E-state index in [1.54, 1.807) is 0 Å². The Balaban J connectivity index is 1.83. The largest absolute Gasteiger partial charge is 0.460 e. The molecule has 0 spiro atoms. The summed E-state index contributed by atoms with van der Waals surface area (Å²) in [7, 11) is 0. The number of ether oxygens (including phenoxy) is 2. The molecule has 0 unspecified atom stereocenters. The van der Waals surface area contributed by atoms with Crippen LogP contribution in [0, 0.1) is 0 Å². The normalized spacial score (nSPS) is 11.7. The van der Waals surface area contributed by atoms with Crippen LogP contribution in [0.3, 0.4) is 0 Å². The average molecular weight is 467 g/mol. The predicted molar refractivity (Wildman–Crippen MR) is 131 cm³/mol. The number of amides is 2. The van der Waals surface area contributed by atoms with E-state index in [0.29, 0.717) is 19.3 Å². The van der Waals surface area contributed by atoms with Gasteiger partial charge in [0, 0.05) is 12.0 Å². The first-order valence-electron chi connectivity index (χ1n) is 11.4. The molecule has 0 radical (unpaired) electrons. The Kier molecular flexibility index (Phi) is 10.8. The first-order valence-corrected chi connectivity index (χ1v) is 11.4. The van der Waals surface area contributed by atoms with Crippen molar-refractivity contribution in [2.75, 3.05) is 6.61 Å². The molecule has 2 amide bonds. The molecule has 2 aromatic carbocycles. The number of carbonyl (C=O) groups is 3. The Hall–Kier alpha value is -3.61. The summed E-state index contributed by atoms with van der Waals surface area (Å²) in [5.41, 5.74) is 1.28. The zero-order chi connectivity index (χ0) is 24.8. The van der Waals surface area contributed by atoms with Crippen molar-refractivity contribution in [3.8, 4) is 0 Å². The van der Waals surface area contributed by atoms with Crippen LogP contribution in [0.2, 0.25) is 0 Å². The highest BCUT2D eigenvalue weighted by Gasteiger charge is 2.25. The summed E-state index contributed by atoms with van der Waals surface area (Å²) in [6.07, 6.45) is 2.46. The van der Waals surface area contributed by atoms with E-state index < -0.39 is 23.6 Å². The van der Waals surface area contributed by atoms with Crippen molar-refractivity contribution < 1.29 is 23.9 Å². The molecular formula is C27H34N2O5. The van der Waals surface area contributed by atoms with Crippen molar-refractivity contribution in [2.24, 2.45) is 0 Å². The number of hydrogen-bond acceptors (Lipinski definition) is 5. The van der Waals surface area contributed by atoms with E-state index in [1.165, 1.54) is 6.08 Å². The fraction of sp³-hybridized carbons (Fsp3) is 0.370. The van der Waals surface area contributed by atoms with Crippen LogP contribution in [0.15, 0.2) is 73.3 Å². The van der Waals surface area contributed by atoms with Crippen LogP contribution in [-0.2, 0) is 32.1 Å². The van der Waals surface area contributed by atoms with Gasteiger partial charge in [-0.2, -0.15) is 0 Å². The molecule has 0 aliphatic heterocycles. The molecule has 0 aliphatic carbocycles. The first-order chi connectivity index (χ1) is 16.3. The third-order valence-electron chi connectivity index (χ3n) is 5.16. The molecule has 34 heavy (non-hydrogen) atoms. The summed E-state index contributed by atoms with van der Waals surface area (Å²) in [5.74, 6) is -0.785. The minimum atomic E-state index is -0.764. The van der Waals surface area contributed by atoms with Crippen molar-refractivity contribution in [1.82, 2.24) is 10.6 Å². The average Bonchev–Trinajstić information content (AvgIpc) is 2.83.